The highest BCUT2D eigenvalue weighted by molar-refractivity contribution is 7.86. The smallest absolute Gasteiger partial charge is 0.347 e. The number of aromatic hydroxyl groups is 1. The Labute approximate surface area is 133 Å². The fraction of sp³-hybridized carbons (Fsp3) is 0.0714. The van der Waals surface area contributed by atoms with E-state index in [4.69, 9.17) is 16.3 Å². The molecule has 0 heterocycles. The van der Waals surface area contributed by atoms with Gasteiger partial charge in [-0.25, -0.2) is 4.79 Å². The molecular formula is C14H12O7S. The van der Waals surface area contributed by atoms with E-state index in [2.05, 4.69) is 0 Å². The van der Waals surface area contributed by atoms with Crippen LogP contribution in [0.15, 0.2) is 47.2 Å². The number of para-hydroxylation sites is 1. The average Bonchev–Trinajstić information content (AvgIpc) is 2.60. The summed E-state index contributed by atoms with van der Waals surface area (Å²) in [7, 11) is -3.77. The van der Waals surface area contributed by atoms with Gasteiger partial charge in [-0.05, 0) is 18.2 Å². The fourth-order valence-corrected chi connectivity index (χ4v) is 2.17. The van der Waals surface area contributed by atoms with Crippen LogP contribution in [0.25, 0.3) is 0 Å². The molecule has 0 saturated heterocycles. The van der Waals surface area contributed by atoms with E-state index in [1.54, 1.807) is 0 Å². The Morgan fingerprint density at radius 1 is 1.23 bits per heavy atom. The van der Waals surface area contributed by atoms with Crippen molar-refractivity contribution in [3.8, 4) is 17.2 Å². The third-order valence-corrected chi connectivity index (χ3v) is 3.33. The van der Waals surface area contributed by atoms with Gasteiger partial charge in [-0.1, -0.05) is 18.1 Å². The van der Waals surface area contributed by atoms with Crippen LogP contribution < -0.4 is 9.47 Å². The van der Waals surface area contributed by atoms with E-state index in [1.165, 1.54) is 0 Å². The maximum atomic E-state index is 12.3. The first-order valence-electron chi connectivity index (χ1n) is 8.07. The fourth-order valence-electron chi connectivity index (χ4n) is 1.51. The molecule has 0 saturated carbocycles. The van der Waals surface area contributed by atoms with Crippen LogP contribution in [-0.2, 0) is 10.1 Å². The quantitative estimate of drug-likeness (QED) is 0.500. The van der Waals surface area contributed by atoms with Crippen molar-refractivity contribution in [2.24, 2.45) is 0 Å². The van der Waals surface area contributed by atoms with Crippen molar-refractivity contribution >= 4 is 16.1 Å². The van der Waals surface area contributed by atoms with Crippen molar-refractivity contribution in [3.63, 3.8) is 0 Å². The van der Waals surface area contributed by atoms with Crippen LogP contribution in [-0.4, -0.2) is 31.2 Å². The van der Waals surface area contributed by atoms with E-state index in [0.29, 0.717) is 6.07 Å². The van der Waals surface area contributed by atoms with Crippen molar-refractivity contribution in [2.75, 3.05) is 7.11 Å². The average molecular weight is 329 g/mol. The summed E-state index contributed by atoms with van der Waals surface area (Å²) < 4.78 is 79.4. The van der Waals surface area contributed by atoms with Crippen LogP contribution >= 0.6 is 0 Å². The number of carbonyl (C=O) groups is 1. The van der Waals surface area contributed by atoms with Gasteiger partial charge in [-0.15, -0.1) is 0 Å². The predicted octanol–water partition coefficient (Wildman–Crippen LogP) is 1.87. The van der Waals surface area contributed by atoms with Gasteiger partial charge >= 0.3 is 5.97 Å². The molecule has 7 nitrogen and oxygen atoms in total. The van der Waals surface area contributed by atoms with Crippen LogP contribution in [0.4, 0.5) is 0 Å². The largest absolute Gasteiger partial charge is 0.507 e. The standard InChI is InChI=1S/C14H12O7S/c1-20-12-8-11(15)10(7-13(12)22(17,18)19)14(16)21-9-5-3-2-4-6-9/h2-8,15H,1H3,(H,17,18,19)/i2D,3D,4D,5D,6D. The van der Waals surface area contributed by atoms with Crippen molar-refractivity contribution in [3.05, 3.63) is 47.9 Å². The third-order valence-electron chi connectivity index (χ3n) is 2.45. The number of esters is 1. The number of phenols is 1. The molecule has 0 radical (unpaired) electrons. The minimum absolute atomic E-state index is 0.450. The highest BCUT2D eigenvalue weighted by atomic mass is 32.2. The third kappa shape index (κ3) is 3.35. The molecule has 2 aromatic rings. The van der Waals surface area contributed by atoms with Gasteiger partial charge in [0.15, 0.2) is 0 Å². The SMILES string of the molecule is [2H]c1c([2H])c([2H])c(OC(=O)c2cc(S(=O)(=O)O)c(OC)cc2O)c([2H])c1[2H]. The van der Waals surface area contributed by atoms with Crippen molar-refractivity contribution < 1.29 is 39.2 Å². The van der Waals surface area contributed by atoms with Gasteiger partial charge in [0.1, 0.15) is 27.7 Å². The summed E-state index contributed by atoms with van der Waals surface area (Å²) in [5, 5.41) is 9.90. The van der Waals surface area contributed by atoms with Gasteiger partial charge in [-0.3, -0.25) is 4.55 Å². The molecule has 0 atom stereocenters. The van der Waals surface area contributed by atoms with Gasteiger partial charge in [0.25, 0.3) is 10.1 Å². The molecule has 22 heavy (non-hydrogen) atoms. The summed E-state index contributed by atoms with van der Waals surface area (Å²) in [5.74, 6) is -3.46. The Morgan fingerprint density at radius 2 is 1.86 bits per heavy atom. The topological polar surface area (TPSA) is 110 Å². The summed E-state index contributed by atoms with van der Waals surface area (Å²) in [6.45, 7) is 0. The van der Waals surface area contributed by atoms with E-state index in [0.717, 1.165) is 13.2 Å². The first-order chi connectivity index (χ1) is 12.4. The summed E-state index contributed by atoms with van der Waals surface area (Å²) in [4.78, 5) is 11.5. The van der Waals surface area contributed by atoms with Gasteiger partial charge < -0.3 is 14.6 Å². The second kappa shape index (κ2) is 6.04. The number of hydrogen-bond donors (Lipinski definition) is 2. The molecule has 0 unspecified atom stereocenters. The second-order valence-corrected chi connectivity index (χ2v) is 5.23. The number of rotatable bonds is 4. The van der Waals surface area contributed by atoms with E-state index in [9.17, 15) is 22.9 Å². The molecule has 8 heteroatoms. The molecule has 0 aliphatic heterocycles. The molecule has 0 aliphatic rings. The molecule has 0 aliphatic carbocycles. The Hall–Kier alpha value is -2.58. The van der Waals surface area contributed by atoms with Crippen molar-refractivity contribution in [1.29, 1.82) is 0 Å². The van der Waals surface area contributed by atoms with Gasteiger partial charge in [-0.2, -0.15) is 8.42 Å². The lowest BCUT2D eigenvalue weighted by atomic mass is 10.2. The van der Waals surface area contributed by atoms with Crippen LogP contribution in [0.2, 0.25) is 0 Å². The first kappa shape index (κ1) is 10.2. The Balaban J connectivity index is 2.58. The Kier molecular flexibility index (Phi) is 2.80. The molecule has 116 valence electrons. The van der Waals surface area contributed by atoms with Crippen molar-refractivity contribution in [2.45, 2.75) is 4.90 Å². The van der Waals surface area contributed by atoms with Crippen LogP contribution in [0.1, 0.15) is 17.2 Å². The number of phenolic OH excluding ortho intramolecular Hbond substituents is 1. The predicted molar refractivity (Wildman–Crippen MR) is 75.9 cm³/mol. The zero-order valence-electron chi connectivity index (χ0n) is 16.0. The summed E-state index contributed by atoms with van der Waals surface area (Å²) in [6, 6.07) is -2.52. The van der Waals surface area contributed by atoms with E-state index >= 15 is 0 Å². The molecule has 0 spiro atoms. The summed E-state index contributed by atoms with van der Waals surface area (Å²) in [5.41, 5.74) is -0.741. The van der Waals surface area contributed by atoms with Crippen molar-refractivity contribution in [1.82, 2.24) is 0 Å². The molecule has 2 N–H and O–H groups in total. The van der Waals surface area contributed by atoms with Crippen LogP contribution in [0.5, 0.6) is 17.2 Å². The zero-order chi connectivity index (χ0) is 20.7. The number of benzene rings is 2. The molecule has 0 bridgehead atoms. The molecular weight excluding hydrogens is 312 g/mol. The number of methoxy groups -OCH3 is 1. The minimum atomic E-state index is -4.83. The van der Waals surface area contributed by atoms with Crippen LogP contribution in [0, 0.1) is 0 Å². The van der Waals surface area contributed by atoms with E-state index in [1.807, 2.05) is 0 Å². The minimum Gasteiger partial charge on any atom is -0.507 e. The Bertz CT molecular complexity index is 1020. The molecule has 0 fully saturated rings. The molecule has 0 amide bonds. The van der Waals surface area contributed by atoms with Gasteiger partial charge in [0, 0.05) is 6.07 Å². The summed E-state index contributed by atoms with van der Waals surface area (Å²) in [6.07, 6.45) is 0. The number of ether oxygens (including phenoxy) is 2. The number of hydrogen-bond acceptors (Lipinski definition) is 6. The van der Waals surface area contributed by atoms with Gasteiger partial charge in [0.2, 0.25) is 0 Å². The lowest BCUT2D eigenvalue weighted by molar-refractivity contribution is 0.0731. The molecule has 2 aromatic carbocycles. The van der Waals surface area contributed by atoms with Crippen LogP contribution in [0.3, 0.4) is 0 Å². The summed E-state index contributed by atoms with van der Waals surface area (Å²) >= 11 is 0. The highest BCUT2D eigenvalue weighted by Gasteiger charge is 2.23. The molecule has 0 aromatic heterocycles. The first-order valence-corrected chi connectivity index (χ1v) is 7.01. The highest BCUT2D eigenvalue weighted by Crippen LogP contribution is 2.32. The number of carbonyl (C=O) groups excluding carboxylic acids is 1. The second-order valence-electron chi connectivity index (χ2n) is 3.84. The van der Waals surface area contributed by atoms with Gasteiger partial charge in [0.05, 0.1) is 14.0 Å². The Morgan fingerprint density at radius 3 is 2.41 bits per heavy atom. The lowest BCUT2D eigenvalue weighted by Crippen LogP contribution is -2.11. The molecule has 2 rings (SSSR count). The lowest BCUT2D eigenvalue weighted by Gasteiger charge is -2.10. The van der Waals surface area contributed by atoms with E-state index < -0.39 is 74.0 Å². The zero-order valence-corrected chi connectivity index (χ0v) is 11.8. The normalized spacial score (nSPS) is 14.2. The monoisotopic (exact) mass is 329 g/mol. The maximum absolute atomic E-state index is 12.3. The maximum Gasteiger partial charge on any atom is 0.347 e. The van der Waals surface area contributed by atoms with E-state index in [-0.39, 0.29) is 0 Å².